The molecule has 0 bridgehead atoms. The van der Waals surface area contributed by atoms with Crippen LogP contribution in [0.5, 0.6) is 0 Å². The van der Waals surface area contributed by atoms with Crippen molar-refractivity contribution in [2.75, 3.05) is 13.7 Å². The fourth-order valence-electron chi connectivity index (χ4n) is 1.87. The lowest BCUT2D eigenvalue weighted by molar-refractivity contribution is -0.134. The highest BCUT2D eigenvalue weighted by atomic mass is 16.5. The van der Waals surface area contributed by atoms with E-state index in [-0.39, 0.29) is 23.8 Å². The van der Waals surface area contributed by atoms with Gasteiger partial charge in [-0.05, 0) is 20.3 Å². The molecule has 0 N–H and O–H groups in total. The van der Waals surface area contributed by atoms with E-state index < -0.39 is 0 Å². The van der Waals surface area contributed by atoms with Gasteiger partial charge in [0.1, 0.15) is 5.78 Å². The Hall–Kier alpha value is -0.900. The van der Waals surface area contributed by atoms with Crippen molar-refractivity contribution in [3.8, 4) is 0 Å². The van der Waals surface area contributed by atoms with Crippen molar-refractivity contribution >= 4 is 11.7 Å². The minimum Gasteiger partial charge on any atom is -0.376 e. The van der Waals surface area contributed by atoms with Gasteiger partial charge in [0.15, 0.2) is 0 Å². The molecule has 4 heteroatoms. The number of ketones is 1. The second-order valence-corrected chi connectivity index (χ2v) is 4.14. The summed E-state index contributed by atoms with van der Waals surface area (Å²) in [6.45, 7) is 4.21. The lowest BCUT2D eigenvalue weighted by atomic mass is 10.1. The molecule has 1 rings (SSSR count). The largest absolute Gasteiger partial charge is 0.376 e. The first-order valence-corrected chi connectivity index (χ1v) is 5.39. The molecule has 1 fully saturated rings. The number of nitrogens with zero attached hydrogens (tertiary/aromatic N) is 1. The van der Waals surface area contributed by atoms with Crippen LogP contribution in [0.4, 0.5) is 0 Å². The minimum absolute atomic E-state index is 0.0348. The van der Waals surface area contributed by atoms with Crippen LogP contribution in [-0.4, -0.2) is 42.4 Å². The van der Waals surface area contributed by atoms with E-state index in [9.17, 15) is 9.59 Å². The van der Waals surface area contributed by atoms with Crippen LogP contribution in [0.25, 0.3) is 0 Å². The van der Waals surface area contributed by atoms with E-state index in [1.165, 1.54) is 6.92 Å². The van der Waals surface area contributed by atoms with E-state index in [2.05, 4.69) is 0 Å². The SMILES string of the molecule is CC(=O)CCC(=O)N(C)C1CCOC1C. The van der Waals surface area contributed by atoms with Gasteiger partial charge < -0.3 is 14.4 Å². The minimum atomic E-state index is 0.0348. The summed E-state index contributed by atoms with van der Waals surface area (Å²) in [6.07, 6.45) is 1.65. The van der Waals surface area contributed by atoms with Crippen molar-refractivity contribution in [3.05, 3.63) is 0 Å². The molecule has 1 aliphatic rings. The molecule has 0 radical (unpaired) electrons. The Morgan fingerprint density at radius 3 is 2.53 bits per heavy atom. The molecule has 2 unspecified atom stereocenters. The van der Waals surface area contributed by atoms with Gasteiger partial charge in [-0.25, -0.2) is 0 Å². The molecule has 1 amide bonds. The van der Waals surface area contributed by atoms with E-state index in [4.69, 9.17) is 4.74 Å². The molecule has 0 aromatic rings. The van der Waals surface area contributed by atoms with E-state index in [1.807, 2.05) is 6.92 Å². The van der Waals surface area contributed by atoms with Gasteiger partial charge >= 0.3 is 0 Å². The number of rotatable bonds is 4. The molecule has 0 saturated carbocycles. The van der Waals surface area contributed by atoms with Gasteiger partial charge in [-0.3, -0.25) is 4.79 Å². The van der Waals surface area contributed by atoms with Gasteiger partial charge in [0, 0.05) is 26.5 Å². The Balaban J connectivity index is 2.41. The number of carbonyl (C=O) groups is 2. The summed E-state index contributed by atoms with van der Waals surface area (Å²) < 4.78 is 5.40. The number of carbonyl (C=O) groups excluding carboxylic acids is 2. The van der Waals surface area contributed by atoms with Crippen molar-refractivity contribution in [1.29, 1.82) is 0 Å². The van der Waals surface area contributed by atoms with Crippen LogP contribution >= 0.6 is 0 Å². The molecule has 0 aromatic carbocycles. The monoisotopic (exact) mass is 213 g/mol. The molecule has 0 aromatic heterocycles. The number of ether oxygens (including phenoxy) is 1. The van der Waals surface area contributed by atoms with Gasteiger partial charge in [0.25, 0.3) is 0 Å². The third-order valence-electron chi connectivity index (χ3n) is 2.92. The zero-order valence-electron chi connectivity index (χ0n) is 9.66. The molecule has 1 aliphatic heterocycles. The predicted octanol–water partition coefficient (Wildman–Crippen LogP) is 0.991. The topological polar surface area (TPSA) is 46.6 Å². The van der Waals surface area contributed by atoms with Gasteiger partial charge in [-0.15, -0.1) is 0 Å². The maximum atomic E-state index is 11.7. The molecule has 1 heterocycles. The molecule has 1 saturated heterocycles. The molecule has 15 heavy (non-hydrogen) atoms. The van der Waals surface area contributed by atoms with Crippen LogP contribution in [-0.2, 0) is 14.3 Å². The number of amides is 1. The average molecular weight is 213 g/mol. The van der Waals surface area contributed by atoms with E-state index >= 15 is 0 Å². The first kappa shape index (κ1) is 12.2. The Morgan fingerprint density at radius 2 is 2.07 bits per heavy atom. The third-order valence-corrected chi connectivity index (χ3v) is 2.92. The molecule has 0 spiro atoms. The predicted molar refractivity (Wildman–Crippen MR) is 56.5 cm³/mol. The Labute approximate surface area is 90.6 Å². The first-order valence-electron chi connectivity index (χ1n) is 5.39. The van der Waals surface area contributed by atoms with Crippen LogP contribution in [0.15, 0.2) is 0 Å². The molecular weight excluding hydrogens is 194 g/mol. The summed E-state index contributed by atoms with van der Waals surface area (Å²) in [6, 6.07) is 0.171. The zero-order chi connectivity index (χ0) is 11.4. The van der Waals surface area contributed by atoms with E-state index in [0.717, 1.165) is 13.0 Å². The van der Waals surface area contributed by atoms with Crippen LogP contribution in [0, 0.1) is 0 Å². The summed E-state index contributed by atoms with van der Waals surface area (Å²) in [5.74, 6) is 0.0972. The van der Waals surface area contributed by atoms with Crippen molar-refractivity contribution in [2.24, 2.45) is 0 Å². The summed E-state index contributed by atoms with van der Waals surface area (Å²) in [4.78, 5) is 24.2. The van der Waals surface area contributed by atoms with E-state index in [0.29, 0.717) is 12.8 Å². The Kier molecular flexibility index (Phi) is 4.27. The van der Waals surface area contributed by atoms with Crippen LogP contribution in [0.1, 0.15) is 33.1 Å². The van der Waals surface area contributed by atoms with Crippen molar-refractivity contribution in [2.45, 2.75) is 45.3 Å². The van der Waals surface area contributed by atoms with Crippen LogP contribution in [0.3, 0.4) is 0 Å². The van der Waals surface area contributed by atoms with Gasteiger partial charge in [0.05, 0.1) is 12.1 Å². The summed E-state index contributed by atoms with van der Waals surface area (Å²) in [5.41, 5.74) is 0. The molecular formula is C11H19NO3. The highest BCUT2D eigenvalue weighted by molar-refractivity contribution is 5.83. The van der Waals surface area contributed by atoms with E-state index in [1.54, 1.807) is 11.9 Å². The lowest BCUT2D eigenvalue weighted by Gasteiger charge is -2.26. The quantitative estimate of drug-likeness (QED) is 0.699. The smallest absolute Gasteiger partial charge is 0.223 e. The van der Waals surface area contributed by atoms with Crippen molar-refractivity contribution < 1.29 is 14.3 Å². The number of Topliss-reactive ketones (excluding diaryl/α,β-unsaturated/α-hetero) is 1. The fraction of sp³-hybridized carbons (Fsp3) is 0.818. The number of hydrogen-bond donors (Lipinski definition) is 0. The average Bonchev–Trinajstić information content (AvgIpc) is 2.59. The number of likely N-dealkylation sites (N-methyl/N-ethyl adjacent to an activating group) is 1. The van der Waals surface area contributed by atoms with Crippen LogP contribution in [0.2, 0.25) is 0 Å². The molecule has 86 valence electrons. The summed E-state index contributed by atoms with van der Waals surface area (Å²) >= 11 is 0. The lowest BCUT2D eigenvalue weighted by Crippen LogP contribution is -2.41. The first-order chi connectivity index (χ1) is 7.02. The fourth-order valence-corrected chi connectivity index (χ4v) is 1.87. The second kappa shape index (κ2) is 5.26. The van der Waals surface area contributed by atoms with Crippen molar-refractivity contribution in [1.82, 2.24) is 4.90 Å². The molecule has 4 nitrogen and oxygen atoms in total. The van der Waals surface area contributed by atoms with Crippen LogP contribution < -0.4 is 0 Å². The molecule has 2 atom stereocenters. The third kappa shape index (κ3) is 3.30. The normalized spacial score (nSPS) is 25.3. The zero-order valence-corrected chi connectivity index (χ0v) is 9.66. The Morgan fingerprint density at radius 1 is 1.40 bits per heavy atom. The summed E-state index contributed by atoms with van der Waals surface area (Å²) in [7, 11) is 1.79. The van der Waals surface area contributed by atoms with Gasteiger partial charge in [0.2, 0.25) is 5.91 Å². The maximum absolute atomic E-state index is 11.7. The highest BCUT2D eigenvalue weighted by Gasteiger charge is 2.30. The maximum Gasteiger partial charge on any atom is 0.223 e. The van der Waals surface area contributed by atoms with Gasteiger partial charge in [-0.2, -0.15) is 0 Å². The van der Waals surface area contributed by atoms with Gasteiger partial charge in [-0.1, -0.05) is 0 Å². The summed E-state index contributed by atoms with van der Waals surface area (Å²) in [5, 5.41) is 0. The molecule has 0 aliphatic carbocycles. The highest BCUT2D eigenvalue weighted by Crippen LogP contribution is 2.18. The number of hydrogen-bond acceptors (Lipinski definition) is 3. The second-order valence-electron chi connectivity index (χ2n) is 4.14. The van der Waals surface area contributed by atoms with Crippen molar-refractivity contribution in [3.63, 3.8) is 0 Å². The Bertz CT molecular complexity index is 252. The standard InChI is InChI=1S/C11H19NO3/c1-8(13)4-5-11(14)12(3)10-6-7-15-9(10)2/h9-10H,4-7H2,1-3H3.